The largest absolute Gasteiger partial charge is 0.464 e. The average Bonchev–Trinajstić information content (AvgIpc) is 2.90. The van der Waals surface area contributed by atoms with Gasteiger partial charge in [0, 0.05) is 12.3 Å². The maximum absolute atomic E-state index is 11.9. The SMILES string of the molecule is CCOC(=O)C(NC(C)=O)c1csc(NC(=O)OCC(Cl)(Cl)Cl)n1. The molecule has 12 heteroatoms. The van der Waals surface area contributed by atoms with Gasteiger partial charge in [0.05, 0.1) is 12.3 Å². The molecule has 0 radical (unpaired) electrons. The van der Waals surface area contributed by atoms with Crippen molar-refractivity contribution in [1.82, 2.24) is 10.3 Å². The Bertz CT molecular complexity index is 605. The van der Waals surface area contributed by atoms with Gasteiger partial charge in [0.25, 0.3) is 0 Å². The minimum absolute atomic E-state index is 0.138. The highest BCUT2D eigenvalue weighted by Gasteiger charge is 2.26. The Morgan fingerprint density at radius 2 is 2.00 bits per heavy atom. The lowest BCUT2D eigenvalue weighted by Crippen LogP contribution is -2.33. The van der Waals surface area contributed by atoms with Gasteiger partial charge in [0.2, 0.25) is 9.70 Å². The van der Waals surface area contributed by atoms with E-state index < -0.39 is 34.4 Å². The third-order valence-corrected chi connectivity index (χ3v) is 3.37. The summed E-state index contributed by atoms with van der Waals surface area (Å²) < 4.78 is 7.84. The fourth-order valence-electron chi connectivity index (χ4n) is 1.43. The van der Waals surface area contributed by atoms with E-state index in [-0.39, 0.29) is 17.4 Å². The molecular weight excluding hydrogens is 405 g/mol. The van der Waals surface area contributed by atoms with Crippen LogP contribution < -0.4 is 10.6 Å². The van der Waals surface area contributed by atoms with Crippen molar-refractivity contribution in [3.63, 3.8) is 0 Å². The molecule has 8 nitrogen and oxygen atoms in total. The quantitative estimate of drug-likeness (QED) is 0.543. The van der Waals surface area contributed by atoms with Gasteiger partial charge >= 0.3 is 12.1 Å². The highest BCUT2D eigenvalue weighted by molar-refractivity contribution is 7.13. The number of ether oxygens (including phenoxy) is 2. The van der Waals surface area contributed by atoms with Crippen molar-refractivity contribution in [3.8, 4) is 0 Å². The zero-order chi connectivity index (χ0) is 18.3. The molecule has 1 atom stereocenters. The number of halogens is 3. The van der Waals surface area contributed by atoms with E-state index in [0.29, 0.717) is 0 Å². The van der Waals surface area contributed by atoms with Crippen molar-refractivity contribution in [2.24, 2.45) is 0 Å². The van der Waals surface area contributed by atoms with Crippen LogP contribution in [0.4, 0.5) is 9.93 Å². The summed E-state index contributed by atoms with van der Waals surface area (Å²) in [6.07, 6.45) is -0.880. The Hall–Kier alpha value is -1.29. The van der Waals surface area contributed by atoms with E-state index in [2.05, 4.69) is 15.6 Å². The molecule has 0 aliphatic rings. The molecule has 0 fully saturated rings. The summed E-state index contributed by atoms with van der Waals surface area (Å²) in [5, 5.41) is 6.37. The molecule has 1 heterocycles. The standard InChI is InChI=1S/C12H14Cl3N3O5S/c1-3-22-9(20)8(16-6(2)19)7-4-24-10(17-7)18-11(21)23-5-12(13,14)15/h4,8H,3,5H2,1-2H3,(H,16,19)(H,17,18,21). The lowest BCUT2D eigenvalue weighted by atomic mass is 10.2. The van der Waals surface area contributed by atoms with Gasteiger partial charge in [-0.05, 0) is 6.92 Å². The first-order valence-corrected chi connectivity index (χ1v) is 8.53. The van der Waals surface area contributed by atoms with E-state index in [1.54, 1.807) is 6.92 Å². The third kappa shape index (κ3) is 7.52. The number of aromatic nitrogens is 1. The van der Waals surface area contributed by atoms with Gasteiger partial charge in [-0.25, -0.2) is 14.6 Å². The number of nitrogens with one attached hydrogen (secondary N) is 2. The molecule has 1 unspecified atom stereocenters. The molecule has 1 aromatic heterocycles. The summed E-state index contributed by atoms with van der Waals surface area (Å²) in [5.41, 5.74) is 0.213. The van der Waals surface area contributed by atoms with E-state index in [4.69, 9.17) is 44.3 Å². The first-order chi connectivity index (χ1) is 11.1. The number of alkyl halides is 3. The molecular formula is C12H14Cl3N3O5S. The van der Waals surface area contributed by atoms with Crippen molar-refractivity contribution >= 4 is 69.2 Å². The molecule has 0 saturated heterocycles. The van der Waals surface area contributed by atoms with Crippen LogP contribution in [0.2, 0.25) is 0 Å². The number of rotatable bonds is 6. The summed E-state index contributed by atoms with van der Waals surface area (Å²) in [6, 6.07) is -1.08. The number of hydrogen-bond donors (Lipinski definition) is 2. The average molecular weight is 419 g/mol. The predicted octanol–water partition coefficient (Wildman–Crippen LogP) is 2.80. The van der Waals surface area contributed by atoms with Crippen LogP contribution in [-0.2, 0) is 19.1 Å². The topological polar surface area (TPSA) is 107 Å². The van der Waals surface area contributed by atoms with E-state index in [1.807, 2.05) is 0 Å². The number of amides is 2. The van der Waals surface area contributed by atoms with Crippen molar-refractivity contribution in [2.75, 3.05) is 18.5 Å². The first-order valence-electron chi connectivity index (χ1n) is 6.52. The third-order valence-electron chi connectivity index (χ3n) is 2.26. The number of carbonyl (C=O) groups excluding carboxylic acids is 3. The van der Waals surface area contributed by atoms with Gasteiger partial charge in [-0.2, -0.15) is 0 Å². The number of hydrogen-bond acceptors (Lipinski definition) is 7. The Morgan fingerprint density at radius 3 is 2.54 bits per heavy atom. The van der Waals surface area contributed by atoms with E-state index in [0.717, 1.165) is 11.3 Å². The highest BCUT2D eigenvalue weighted by atomic mass is 35.6. The normalized spacial score (nSPS) is 12.2. The van der Waals surface area contributed by atoms with Crippen LogP contribution in [0.25, 0.3) is 0 Å². The van der Waals surface area contributed by atoms with Crippen LogP contribution >= 0.6 is 46.1 Å². The second-order valence-electron chi connectivity index (χ2n) is 4.28. The molecule has 134 valence electrons. The molecule has 0 aliphatic carbocycles. The van der Waals surface area contributed by atoms with Crippen LogP contribution in [0.3, 0.4) is 0 Å². The molecule has 1 rings (SSSR count). The van der Waals surface area contributed by atoms with Gasteiger partial charge in [-0.1, -0.05) is 34.8 Å². The second-order valence-corrected chi connectivity index (χ2v) is 7.65. The van der Waals surface area contributed by atoms with Gasteiger partial charge in [0.15, 0.2) is 11.2 Å². The molecule has 2 amide bonds. The summed E-state index contributed by atoms with van der Waals surface area (Å²) in [4.78, 5) is 38.7. The number of nitrogens with zero attached hydrogens (tertiary/aromatic N) is 1. The molecule has 2 N–H and O–H groups in total. The molecule has 0 aliphatic heterocycles. The molecule has 0 aromatic carbocycles. The Balaban J connectivity index is 2.75. The van der Waals surface area contributed by atoms with Crippen LogP contribution in [-0.4, -0.2) is 40.0 Å². The molecule has 0 saturated carbocycles. The summed E-state index contributed by atoms with van der Waals surface area (Å²) in [5.74, 6) is -1.10. The van der Waals surface area contributed by atoms with Gasteiger partial charge in [0.1, 0.15) is 6.61 Å². The van der Waals surface area contributed by atoms with E-state index in [9.17, 15) is 14.4 Å². The zero-order valence-electron chi connectivity index (χ0n) is 12.6. The minimum Gasteiger partial charge on any atom is -0.464 e. The number of esters is 1. The minimum atomic E-state index is -1.73. The monoisotopic (exact) mass is 417 g/mol. The van der Waals surface area contributed by atoms with Gasteiger partial charge in [-0.15, -0.1) is 11.3 Å². The number of thiazole rings is 1. The number of carbonyl (C=O) groups is 3. The maximum Gasteiger partial charge on any atom is 0.413 e. The Morgan fingerprint density at radius 1 is 1.33 bits per heavy atom. The van der Waals surface area contributed by atoms with Crippen LogP contribution in [0.5, 0.6) is 0 Å². The van der Waals surface area contributed by atoms with E-state index >= 15 is 0 Å². The van der Waals surface area contributed by atoms with Crippen LogP contribution in [0.1, 0.15) is 25.6 Å². The first kappa shape index (κ1) is 20.8. The molecule has 1 aromatic rings. The van der Waals surface area contributed by atoms with Crippen molar-refractivity contribution in [2.45, 2.75) is 23.7 Å². The summed E-state index contributed by atoms with van der Waals surface area (Å²) >= 11 is 17.4. The van der Waals surface area contributed by atoms with Crippen LogP contribution in [0.15, 0.2) is 5.38 Å². The number of anilines is 1. The fraction of sp³-hybridized carbons (Fsp3) is 0.500. The fourth-order valence-corrected chi connectivity index (χ4v) is 2.31. The van der Waals surface area contributed by atoms with Crippen LogP contribution in [0, 0.1) is 0 Å². The second kappa shape index (κ2) is 9.26. The predicted molar refractivity (Wildman–Crippen MR) is 90.6 cm³/mol. The van der Waals surface area contributed by atoms with Crippen molar-refractivity contribution < 1.29 is 23.9 Å². The smallest absolute Gasteiger partial charge is 0.413 e. The van der Waals surface area contributed by atoms with Crippen molar-refractivity contribution in [3.05, 3.63) is 11.1 Å². The molecule has 24 heavy (non-hydrogen) atoms. The van der Waals surface area contributed by atoms with Gasteiger partial charge < -0.3 is 14.8 Å². The molecule has 0 spiro atoms. The summed E-state index contributed by atoms with van der Waals surface area (Å²) in [7, 11) is 0. The lowest BCUT2D eigenvalue weighted by molar-refractivity contribution is -0.147. The van der Waals surface area contributed by atoms with Gasteiger partial charge in [-0.3, -0.25) is 10.1 Å². The highest BCUT2D eigenvalue weighted by Crippen LogP contribution is 2.26. The Labute approximate surface area is 156 Å². The Kier molecular flexibility index (Phi) is 8.01. The summed E-state index contributed by atoms with van der Waals surface area (Å²) in [6.45, 7) is 2.59. The molecule has 0 bridgehead atoms. The zero-order valence-corrected chi connectivity index (χ0v) is 15.7. The lowest BCUT2D eigenvalue weighted by Gasteiger charge is -2.14. The van der Waals surface area contributed by atoms with E-state index in [1.165, 1.54) is 12.3 Å². The van der Waals surface area contributed by atoms with Crippen molar-refractivity contribution in [1.29, 1.82) is 0 Å². The maximum atomic E-state index is 11.9.